The standard InChI is InChI=1S/C16H22BrNO4/c1-22-10-3-2-7-15(19)18(9-8-16(20)21)12-13-5-4-6-14(17)11-13/h4-6,11H,2-3,7-10,12H2,1H3,(H,20,21). The van der Waals surface area contributed by atoms with Crippen molar-refractivity contribution in [3.05, 3.63) is 34.3 Å². The second-order valence-corrected chi connectivity index (χ2v) is 5.95. The molecular formula is C16H22BrNO4. The van der Waals surface area contributed by atoms with Crippen molar-refractivity contribution in [2.45, 2.75) is 32.2 Å². The van der Waals surface area contributed by atoms with Crippen molar-refractivity contribution in [2.75, 3.05) is 20.3 Å². The molecule has 0 heterocycles. The molecule has 0 aliphatic heterocycles. The Bertz CT molecular complexity index is 493. The van der Waals surface area contributed by atoms with Gasteiger partial charge in [0, 0.05) is 37.7 Å². The van der Waals surface area contributed by atoms with E-state index >= 15 is 0 Å². The summed E-state index contributed by atoms with van der Waals surface area (Å²) < 4.78 is 5.90. The number of nitrogens with zero attached hydrogens (tertiary/aromatic N) is 1. The first-order valence-corrected chi connectivity index (χ1v) is 8.05. The zero-order valence-electron chi connectivity index (χ0n) is 12.8. The lowest BCUT2D eigenvalue weighted by Gasteiger charge is -2.22. The maximum absolute atomic E-state index is 12.3. The summed E-state index contributed by atoms with van der Waals surface area (Å²) in [6.45, 7) is 1.29. The fourth-order valence-electron chi connectivity index (χ4n) is 2.06. The van der Waals surface area contributed by atoms with Gasteiger partial charge < -0.3 is 14.7 Å². The Labute approximate surface area is 139 Å². The van der Waals surface area contributed by atoms with E-state index in [-0.39, 0.29) is 18.9 Å². The maximum Gasteiger partial charge on any atom is 0.305 e. The third kappa shape index (κ3) is 7.56. The number of aliphatic carboxylic acids is 1. The highest BCUT2D eigenvalue weighted by Crippen LogP contribution is 2.15. The van der Waals surface area contributed by atoms with Crippen LogP contribution in [0.4, 0.5) is 0 Å². The molecule has 6 heteroatoms. The Hall–Kier alpha value is -1.40. The van der Waals surface area contributed by atoms with Gasteiger partial charge in [-0.25, -0.2) is 0 Å². The van der Waals surface area contributed by atoms with Crippen LogP contribution < -0.4 is 0 Å². The summed E-state index contributed by atoms with van der Waals surface area (Å²) in [5.41, 5.74) is 0.977. The number of carboxylic acid groups (broad SMARTS) is 1. The summed E-state index contributed by atoms with van der Waals surface area (Å²) >= 11 is 3.40. The molecule has 5 nitrogen and oxygen atoms in total. The van der Waals surface area contributed by atoms with Crippen molar-refractivity contribution in [2.24, 2.45) is 0 Å². The quantitative estimate of drug-likeness (QED) is 0.641. The number of hydrogen-bond donors (Lipinski definition) is 1. The number of carbonyl (C=O) groups excluding carboxylic acids is 1. The fourth-order valence-corrected chi connectivity index (χ4v) is 2.51. The Balaban J connectivity index is 2.61. The SMILES string of the molecule is COCCCCC(=O)N(CCC(=O)O)Cc1cccc(Br)c1. The highest BCUT2D eigenvalue weighted by molar-refractivity contribution is 9.10. The molecular weight excluding hydrogens is 350 g/mol. The van der Waals surface area contributed by atoms with Crippen LogP contribution in [0.5, 0.6) is 0 Å². The Morgan fingerprint density at radius 1 is 1.27 bits per heavy atom. The van der Waals surface area contributed by atoms with Crippen LogP contribution in [0, 0.1) is 0 Å². The number of hydrogen-bond acceptors (Lipinski definition) is 3. The third-order valence-electron chi connectivity index (χ3n) is 3.20. The van der Waals surface area contributed by atoms with E-state index in [1.807, 2.05) is 24.3 Å². The van der Waals surface area contributed by atoms with Gasteiger partial charge >= 0.3 is 5.97 Å². The highest BCUT2D eigenvalue weighted by Gasteiger charge is 2.15. The van der Waals surface area contributed by atoms with Crippen LogP contribution in [0.2, 0.25) is 0 Å². The molecule has 0 atom stereocenters. The minimum atomic E-state index is -0.897. The normalized spacial score (nSPS) is 10.5. The largest absolute Gasteiger partial charge is 0.481 e. The molecule has 0 aromatic heterocycles. The fraction of sp³-hybridized carbons (Fsp3) is 0.500. The topological polar surface area (TPSA) is 66.8 Å². The molecule has 22 heavy (non-hydrogen) atoms. The molecule has 0 radical (unpaired) electrons. The molecule has 0 bridgehead atoms. The van der Waals surface area contributed by atoms with Crippen molar-refractivity contribution in [3.63, 3.8) is 0 Å². The number of carboxylic acids is 1. The summed E-state index contributed by atoms with van der Waals surface area (Å²) in [7, 11) is 1.63. The van der Waals surface area contributed by atoms with E-state index in [2.05, 4.69) is 15.9 Å². The lowest BCUT2D eigenvalue weighted by Crippen LogP contribution is -2.32. The van der Waals surface area contributed by atoms with Gasteiger partial charge in [-0.1, -0.05) is 28.1 Å². The van der Waals surface area contributed by atoms with Crippen LogP contribution in [-0.2, 0) is 20.9 Å². The molecule has 1 rings (SSSR count). The van der Waals surface area contributed by atoms with Gasteiger partial charge in [-0.05, 0) is 30.5 Å². The Morgan fingerprint density at radius 3 is 2.68 bits per heavy atom. The van der Waals surface area contributed by atoms with Gasteiger partial charge in [-0.3, -0.25) is 9.59 Å². The van der Waals surface area contributed by atoms with Crippen molar-refractivity contribution in [1.29, 1.82) is 0 Å². The van der Waals surface area contributed by atoms with Gasteiger partial charge in [0.05, 0.1) is 6.42 Å². The number of ether oxygens (including phenoxy) is 1. The summed E-state index contributed by atoms with van der Waals surface area (Å²) in [4.78, 5) is 24.7. The molecule has 1 N–H and O–H groups in total. The number of unbranched alkanes of at least 4 members (excludes halogenated alkanes) is 1. The van der Waals surface area contributed by atoms with E-state index in [1.165, 1.54) is 0 Å². The van der Waals surface area contributed by atoms with E-state index in [4.69, 9.17) is 9.84 Å². The second-order valence-electron chi connectivity index (χ2n) is 5.04. The van der Waals surface area contributed by atoms with E-state index in [0.717, 1.165) is 22.9 Å². The van der Waals surface area contributed by atoms with Crippen LogP contribution in [0.25, 0.3) is 0 Å². The van der Waals surface area contributed by atoms with Crippen LogP contribution in [0.3, 0.4) is 0 Å². The summed E-state index contributed by atoms with van der Waals surface area (Å²) in [6, 6.07) is 7.68. The van der Waals surface area contributed by atoms with Crippen LogP contribution >= 0.6 is 15.9 Å². The summed E-state index contributed by atoms with van der Waals surface area (Å²) in [6.07, 6.45) is 1.94. The van der Waals surface area contributed by atoms with Gasteiger partial charge in [0.2, 0.25) is 5.91 Å². The van der Waals surface area contributed by atoms with Crippen LogP contribution in [-0.4, -0.2) is 42.1 Å². The Kier molecular flexibility index (Phi) is 8.77. The first-order valence-electron chi connectivity index (χ1n) is 7.26. The van der Waals surface area contributed by atoms with E-state index < -0.39 is 5.97 Å². The van der Waals surface area contributed by atoms with E-state index in [0.29, 0.717) is 19.6 Å². The van der Waals surface area contributed by atoms with Gasteiger partial charge in [0.1, 0.15) is 0 Å². The van der Waals surface area contributed by atoms with Gasteiger partial charge in [-0.15, -0.1) is 0 Å². The molecule has 122 valence electrons. The molecule has 0 aliphatic rings. The molecule has 1 amide bonds. The van der Waals surface area contributed by atoms with Crippen molar-refractivity contribution < 1.29 is 19.4 Å². The van der Waals surface area contributed by atoms with Gasteiger partial charge in [0.25, 0.3) is 0 Å². The molecule has 0 fully saturated rings. The number of rotatable bonds is 10. The Morgan fingerprint density at radius 2 is 2.05 bits per heavy atom. The van der Waals surface area contributed by atoms with Gasteiger partial charge in [0.15, 0.2) is 0 Å². The summed E-state index contributed by atoms with van der Waals surface area (Å²) in [5.74, 6) is -0.913. The maximum atomic E-state index is 12.3. The molecule has 0 spiro atoms. The average molecular weight is 372 g/mol. The number of amides is 1. The van der Waals surface area contributed by atoms with E-state index in [1.54, 1.807) is 12.0 Å². The first-order chi connectivity index (χ1) is 10.5. The third-order valence-corrected chi connectivity index (χ3v) is 3.69. The number of halogens is 1. The van der Waals surface area contributed by atoms with Crippen molar-refractivity contribution >= 4 is 27.8 Å². The molecule has 0 aliphatic carbocycles. The minimum absolute atomic E-state index is 0.0164. The smallest absolute Gasteiger partial charge is 0.305 e. The predicted molar refractivity (Wildman–Crippen MR) is 87.5 cm³/mol. The lowest BCUT2D eigenvalue weighted by atomic mass is 10.1. The first kappa shape index (κ1) is 18.6. The van der Waals surface area contributed by atoms with Crippen molar-refractivity contribution in [1.82, 2.24) is 4.90 Å². The molecule has 0 saturated heterocycles. The molecule has 0 unspecified atom stereocenters. The van der Waals surface area contributed by atoms with E-state index in [9.17, 15) is 9.59 Å². The zero-order valence-corrected chi connectivity index (χ0v) is 14.3. The molecule has 1 aromatic carbocycles. The zero-order chi connectivity index (χ0) is 16.4. The number of benzene rings is 1. The average Bonchev–Trinajstić information content (AvgIpc) is 2.47. The van der Waals surface area contributed by atoms with Gasteiger partial charge in [-0.2, -0.15) is 0 Å². The highest BCUT2D eigenvalue weighted by atomic mass is 79.9. The van der Waals surface area contributed by atoms with Crippen molar-refractivity contribution in [3.8, 4) is 0 Å². The second kappa shape index (κ2) is 10.3. The lowest BCUT2D eigenvalue weighted by molar-refractivity contribution is -0.138. The number of methoxy groups -OCH3 is 1. The molecule has 0 saturated carbocycles. The summed E-state index contributed by atoms with van der Waals surface area (Å²) in [5, 5.41) is 8.84. The minimum Gasteiger partial charge on any atom is -0.481 e. The molecule has 1 aromatic rings. The predicted octanol–water partition coefficient (Wildman–Crippen LogP) is 3.07. The number of carbonyl (C=O) groups is 2. The van der Waals surface area contributed by atoms with Crippen LogP contribution in [0.1, 0.15) is 31.2 Å². The monoisotopic (exact) mass is 371 g/mol. The van der Waals surface area contributed by atoms with Crippen LogP contribution in [0.15, 0.2) is 28.7 Å².